The molecule has 1 N–H and O–H groups in total. The van der Waals surface area contributed by atoms with Crippen molar-refractivity contribution in [2.75, 3.05) is 6.54 Å². The highest BCUT2D eigenvalue weighted by molar-refractivity contribution is 6.24. The van der Waals surface area contributed by atoms with Gasteiger partial charge in [-0.05, 0) is 50.5 Å². The van der Waals surface area contributed by atoms with E-state index in [2.05, 4.69) is 6.92 Å². The molecule has 1 aliphatic carbocycles. The quantitative estimate of drug-likeness (QED) is 0.255. The van der Waals surface area contributed by atoms with Crippen LogP contribution >= 0.6 is 0 Å². The van der Waals surface area contributed by atoms with Gasteiger partial charge in [0.05, 0.1) is 0 Å². The molecule has 2 heterocycles. The lowest BCUT2D eigenvalue weighted by Crippen LogP contribution is -2.42. The predicted octanol–water partition coefficient (Wildman–Crippen LogP) is 4.56. The molecule has 0 amide bonds. The van der Waals surface area contributed by atoms with E-state index in [1.165, 1.54) is 6.92 Å². The summed E-state index contributed by atoms with van der Waals surface area (Å²) in [5, 5.41) is 8.96. The lowest BCUT2D eigenvalue weighted by Gasteiger charge is -2.34. The van der Waals surface area contributed by atoms with Crippen LogP contribution in [0, 0.1) is 0 Å². The number of ether oxygens (including phenoxy) is 1. The molecule has 0 aromatic rings. The third-order valence-corrected chi connectivity index (χ3v) is 6.41. The Morgan fingerprint density at radius 3 is 2.50 bits per heavy atom. The zero-order valence-corrected chi connectivity index (χ0v) is 20.2. The maximum Gasteiger partial charge on any atom is 0.343 e. The van der Waals surface area contributed by atoms with Crippen molar-refractivity contribution in [2.45, 2.75) is 77.7 Å². The molecule has 7 heteroatoms. The van der Waals surface area contributed by atoms with E-state index in [-0.39, 0.29) is 30.0 Å². The van der Waals surface area contributed by atoms with Crippen molar-refractivity contribution in [1.82, 2.24) is 4.90 Å². The summed E-state index contributed by atoms with van der Waals surface area (Å²) in [6, 6.07) is 0. The average molecular weight is 468 g/mol. The van der Waals surface area contributed by atoms with Crippen LogP contribution in [0.2, 0.25) is 0 Å². The summed E-state index contributed by atoms with van der Waals surface area (Å²) in [6.45, 7) is 5.96. The smallest absolute Gasteiger partial charge is 0.343 e. The summed E-state index contributed by atoms with van der Waals surface area (Å²) >= 11 is 0. The number of rotatable bonds is 12. The minimum absolute atomic E-state index is 0.0113. The number of hydrogen-bond acceptors (Lipinski definition) is 6. The lowest BCUT2D eigenvalue weighted by molar-refractivity contribution is -0.153. The number of carbonyl (C=O) groups excluding carboxylic acids is 3. The van der Waals surface area contributed by atoms with E-state index in [0.717, 1.165) is 31.4 Å². The second-order valence-electron chi connectivity index (χ2n) is 9.03. The summed E-state index contributed by atoms with van der Waals surface area (Å²) in [5.41, 5.74) is 0.598. The van der Waals surface area contributed by atoms with Crippen molar-refractivity contribution in [3.8, 4) is 0 Å². The fourth-order valence-electron chi connectivity index (χ4n) is 4.55. The van der Waals surface area contributed by atoms with Crippen LogP contribution < -0.4 is 0 Å². The molecule has 0 saturated carbocycles. The summed E-state index contributed by atoms with van der Waals surface area (Å²) in [5.74, 6) is -2.27. The van der Waals surface area contributed by atoms with E-state index in [4.69, 9.17) is 9.84 Å². The van der Waals surface area contributed by atoms with Gasteiger partial charge in [0.15, 0.2) is 11.4 Å². The van der Waals surface area contributed by atoms with Gasteiger partial charge in [-0.1, -0.05) is 38.7 Å². The number of hydrogen-bond donors (Lipinski definition) is 1. The fourth-order valence-corrected chi connectivity index (χ4v) is 4.55. The van der Waals surface area contributed by atoms with Gasteiger partial charge in [0, 0.05) is 42.4 Å². The molecule has 1 unspecified atom stereocenters. The Kier molecular flexibility index (Phi) is 8.07. The van der Waals surface area contributed by atoms with Crippen LogP contribution in [0.4, 0.5) is 0 Å². The number of ketones is 2. The Morgan fingerprint density at radius 1 is 1.09 bits per heavy atom. The Hall–Kier alpha value is -3.22. The second-order valence-corrected chi connectivity index (χ2v) is 9.03. The molecular formula is C27H33NO6. The molecule has 3 aliphatic rings. The summed E-state index contributed by atoms with van der Waals surface area (Å²) in [4.78, 5) is 51.9. The number of allylic oxidation sites excluding steroid dienone is 4. The Morgan fingerprint density at radius 2 is 1.82 bits per heavy atom. The fraction of sp³-hybridized carbons (Fsp3) is 0.481. The van der Waals surface area contributed by atoms with Gasteiger partial charge in [-0.3, -0.25) is 14.4 Å². The van der Waals surface area contributed by atoms with Crippen LogP contribution in [0.5, 0.6) is 0 Å². The third-order valence-electron chi connectivity index (χ3n) is 6.41. The SMILES string of the molecule is C/C=C/C1=CC2=CC3=C(C(=O)CCCCCCC)C(=O)OC3(C)C(=O)C2=CN1CCCC(=O)O. The van der Waals surface area contributed by atoms with Crippen LogP contribution in [0.15, 0.2) is 58.5 Å². The number of carboxylic acids is 1. The third kappa shape index (κ3) is 5.13. The number of carboxylic acid groups (broad SMARTS) is 1. The normalized spacial score (nSPS) is 21.7. The van der Waals surface area contributed by atoms with Gasteiger partial charge >= 0.3 is 11.9 Å². The molecule has 0 aromatic carbocycles. The van der Waals surface area contributed by atoms with Gasteiger partial charge in [-0.2, -0.15) is 0 Å². The van der Waals surface area contributed by atoms with Crippen LogP contribution in [-0.4, -0.2) is 45.7 Å². The Labute approximate surface area is 200 Å². The average Bonchev–Trinajstić information content (AvgIpc) is 3.05. The summed E-state index contributed by atoms with van der Waals surface area (Å²) in [7, 11) is 0. The maximum atomic E-state index is 13.5. The predicted molar refractivity (Wildman–Crippen MR) is 128 cm³/mol. The van der Waals surface area contributed by atoms with E-state index in [0.29, 0.717) is 36.1 Å². The highest BCUT2D eigenvalue weighted by Gasteiger charge is 2.54. The van der Waals surface area contributed by atoms with Crippen molar-refractivity contribution in [1.29, 1.82) is 0 Å². The van der Waals surface area contributed by atoms with Crippen molar-refractivity contribution >= 4 is 23.5 Å². The monoisotopic (exact) mass is 467 g/mol. The number of nitrogens with zero attached hydrogens (tertiary/aromatic N) is 1. The maximum absolute atomic E-state index is 13.5. The van der Waals surface area contributed by atoms with Crippen LogP contribution in [0.1, 0.15) is 72.1 Å². The molecule has 1 atom stereocenters. The minimum atomic E-state index is -1.53. The van der Waals surface area contributed by atoms with Crippen molar-refractivity contribution in [2.24, 2.45) is 0 Å². The molecule has 0 spiro atoms. The first kappa shape index (κ1) is 25.4. The first-order valence-corrected chi connectivity index (χ1v) is 12.1. The highest BCUT2D eigenvalue weighted by atomic mass is 16.6. The van der Waals surface area contributed by atoms with E-state index >= 15 is 0 Å². The standard InChI is InChI=1S/C27H33NO6/c1-4-6-7-8-9-12-22(29)24-21-16-18-15-19(11-5-2)28(14-10-13-23(30)31)17-20(18)25(32)27(21,3)34-26(24)33/h5,11,15-17H,4,6-10,12-14H2,1-3H3,(H,30,31)/b11-5+. The first-order chi connectivity index (χ1) is 16.2. The largest absolute Gasteiger partial charge is 0.481 e. The molecule has 0 aromatic heterocycles. The number of fused-ring (bicyclic) bond motifs is 2. The van der Waals surface area contributed by atoms with E-state index < -0.39 is 17.5 Å². The van der Waals surface area contributed by atoms with Gasteiger partial charge in [0.25, 0.3) is 0 Å². The number of carbonyl (C=O) groups is 4. The molecule has 0 bridgehead atoms. The van der Waals surface area contributed by atoms with Crippen LogP contribution in [0.25, 0.3) is 0 Å². The highest BCUT2D eigenvalue weighted by Crippen LogP contribution is 2.44. The zero-order valence-electron chi connectivity index (χ0n) is 20.2. The number of esters is 1. The molecule has 0 fully saturated rings. The van der Waals surface area contributed by atoms with Gasteiger partial charge in [0.2, 0.25) is 5.78 Å². The van der Waals surface area contributed by atoms with Gasteiger partial charge in [0.1, 0.15) is 5.57 Å². The van der Waals surface area contributed by atoms with Gasteiger partial charge < -0.3 is 14.7 Å². The Bertz CT molecular complexity index is 1040. The second kappa shape index (κ2) is 10.8. The number of Topliss-reactive ketones (excluding diaryl/α,β-unsaturated/α-hetero) is 2. The van der Waals surface area contributed by atoms with E-state index in [9.17, 15) is 19.2 Å². The van der Waals surface area contributed by atoms with Crippen molar-refractivity contribution < 1.29 is 29.0 Å². The van der Waals surface area contributed by atoms with Gasteiger partial charge in [-0.15, -0.1) is 0 Å². The molecular weight excluding hydrogens is 434 g/mol. The topological polar surface area (TPSA) is 101 Å². The minimum Gasteiger partial charge on any atom is -0.481 e. The Balaban J connectivity index is 1.93. The molecule has 0 radical (unpaired) electrons. The number of unbranched alkanes of at least 4 members (excludes halogenated alkanes) is 4. The van der Waals surface area contributed by atoms with E-state index in [1.54, 1.807) is 12.3 Å². The lowest BCUT2D eigenvalue weighted by atomic mass is 9.76. The molecule has 34 heavy (non-hydrogen) atoms. The molecule has 2 aliphatic heterocycles. The molecule has 182 valence electrons. The number of aliphatic carboxylic acids is 1. The molecule has 7 nitrogen and oxygen atoms in total. The first-order valence-electron chi connectivity index (χ1n) is 12.1. The molecule has 3 rings (SSSR count). The van der Waals surface area contributed by atoms with Crippen molar-refractivity contribution in [3.63, 3.8) is 0 Å². The molecule has 0 saturated heterocycles. The van der Waals surface area contributed by atoms with Crippen molar-refractivity contribution in [3.05, 3.63) is 58.5 Å². The van der Waals surface area contributed by atoms with Gasteiger partial charge in [-0.25, -0.2) is 4.79 Å². The summed E-state index contributed by atoms with van der Waals surface area (Å²) in [6.07, 6.45) is 14.6. The summed E-state index contributed by atoms with van der Waals surface area (Å²) < 4.78 is 5.52. The van der Waals surface area contributed by atoms with Crippen LogP contribution in [-0.2, 0) is 23.9 Å². The van der Waals surface area contributed by atoms with E-state index in [1.807, 2.05) is 30.1 Å². The zero-order chi connectivity index (χ0) is 24.9. The van der Waals surface area contributed by atoms with Crippen LogP contribution in [0.3, 0.4) is 0 Å².